The Labute approximate surface area is 174 Å². The Morgan fingerprint density at radius 1 is 1.14 bits per heavy atom. The maximum Gasteiger partial charge on any atom is 0.261 e. The van der Waals surface area contributed by atoms with Crippen molar-refractivity contribution in [3.05, 3.63) is 50.5 Å². The molecule has 3 heterocycles. The molecule has 1 aliphatic carbocycles. The Morgan fingerprint density at radius 2 is 1.97 bits per heavy atom. The van der Waals surface area contributed by atoms with E-state index in [4.69, 9.17) is 4.98 Å². The quantitative estimate of drug-likeness (QED) is 0.662. The lowest BCUT2D eigenvalue weighted by atomic mass is 10.2. The van der Waals surface area contributed by atoms with Crippen molar-refractivity contribution in [1.29, 1.82) is 0 Å². The van der Waals surface area contributed by atoms with Gasteiger partial charge in [0.05, 0.1) is 29.5 Å². The van der Waals surface area contributed by atoms with E-state index >= 15 is 0 Å². The third-order valence-electron chi connectivity index (χ3n) is 6.06. The summed E-state index contributed by atoms with van der Waals surface area (Å²) < 4.78 is 1.69. The van der Waals surface area contributed by atoms with Crippen LogP contribution in [0.3, 0.4) is 0 Å². The molecular formula is C22H27N5OS. The summed E-state index contributed by atoms with van der Waals surface area (Å²) in [4.78, 5) is 28.4. The van der Waals surface area contributed by atoms with Gasteiger partial charge in [0, 0.05) is 42.8 Å². The first-order chi connectivity index (χ1) is 14.1. The van der Waals surface area contributed by atoms with Crippen molar-refractivity contribution in [1.82, 2.24) is 19.4 Å². The Balaban J connectivity index is 1.27. The van der Waals surface area contributed by atoms with Gasteiger partial charge in [-0.15, -0.1) is 11.3 Å². The molecule has 152 valence electrons. The fourth-order valence-corrected chi connectivity index (χ4v) is 5.55. The number of aromatic nitrogens is 3. The van der Waals surface area contributed by atoms with Crippen molar-refractivity contribution in [2.75, 3.05) is 31.1 Å². The number of fused-ring (bicyclic) bond motifs is 2. The first-order valence-electron chi connectivity index (χ1n) is 10.5. The highest BCUT2D eigenvalue weighted by Crippen LogP contribution is 2.28. The molecule has 7 heteroatoms. The Kier molecular flexibility index (Phi) is 4.87. The average molecular weight is 410 g/mol. The predicted octanol–water partition coefficient (Wildman–Crippen LogP) is 3.24. The maximum absolute atomic E-state index is 12.6. The second-order valence-electron chi connectivity index (χ2n) is 8.35. The molecule has 0 amide bonds. The number of aryl methyl sites for hydroxylation is 2. The van der Waals surface area contributed by atoms with E-state index in [-0.39, 0.29) is 11.6 Å². The first kappa shape index (κ1) is 18.8. The zero-order chi connectivity index (χ0) is 20.0. The van der Waals surface area contributed by atoms with Crippen molar-refractivity contribution in [3.8, 4) is 0 Å². The first-order valence-corrected chi connectivity index (χ1v) is 11.4. The molecule has 2 aromatic heterocycles. The summed E-state index contributed by atoms with van der Waals surface area (Å²) in [7, 11) is 0. The summed E-state index contributed by atoms with van der Waals surface area (Å²) in [6.45, 7) is 9.01. The molecular weight excluding hydrogens is 382 g/mol. The summed E-state index contributed by atoms with van der Waals surface area (Å²) in [5, 5.41) is 1.97. The minimum atomic E-state index is 0.0386. The normalized spacial score (nSPS) is 17.4. The van der Waals surface area contributed by atoms with Gasteiger partial charge in [-0.2, -0.15) is 0 Å². The molecule has 6 nitrogen and oxygen atoms in total. The highest BCUT2D eigenvalue weighted by molar-refractivity contribution is 7.11. The van der Waals surface area contributed by atoms with E-state index in [1.165, 1.54) is 28.4 Å². The zero-order valence-corrected chi connectivity index (χ0v) is 17.9. The molecule has 0 radical (unpaired) electrons. The lowest BCUT2D eigenvalue weighted by molar-refractivity contribution is 0.249. The van der Waals surface area contributed by atoms with Gasteiger partial charge in [-0.3, -0.25) is 14.3 Å². The van der Waals surface area contributed by atoms with Crippen LogP contribution in [0.2, 0.25) is 0 Å². The van der Waals surface area contributed by atoms with E-state index in [0.717, 1.165) is 50.3 Å². The molecule has 1 saturated heterocycles. The smallest absolute Gasteiger partial charge is 0.261 e. The number of thiazole rings is 1. The monoisotopic (exact) mass is 409 g/mol. The van der Waals surface area contributed by atoms with Gasteiger partial charge >= 0.3 is 0 Å². The molecule has 0 spiro atoms. The van der Waals surface area contributed by atoms with Crippen molar-refractivity contribution < 1.29 is 0 Å². The number of rotatable bonds is 4. The third-order valence-corrected chi connectivity index (χ3v) is 7.20. The van der Waals surface area contributed by atoms with Gasteiger partial charge in [-0.05, 0) is 51.3 Å². The Hall–Kier alpha value is -2.25. The van der Waals surface area contributed by atoms with Crippen molar-refractivity contribution >= 4 is 27.9 Å². The number of nitrogens with zero attached hydrogens (tertiary/aromatic N) is 5. The number of anilines is 1. The molecule has 1 aromatic carbocycles. The molecule has 0 bridgehead atoms. The van der Waals surface area contributed by atoms with E-state index in [1.807, 2.05) is 31.3 Å². The van der Waals surface area contributed by atoms with E-state index in [0.29, 0.717) is 5.39 Å². The molecule has 1 aliphatic heterocycles. The zero-order valence-electron chi connectivity index (χ0n) is 17.1. The number of piperazine rings is 1. The summed E-state index contributed by atoms with van der Waals surface area (Å²) >= 11 is 1.91. The van der Waals surface area contributed by atoms with Gasteiger partial charge in [0.1, 0.15) is 5.01 Å². The van der Waals surface area contributed by atoms with Gasteiger partial charge in [0.2, 0.25) is 0 Å². The van der Waals surface area contributed by atoms with Crippen molar-refractivity contribution in [3.63, 3.8) is 0 Å². The maximum atomic E-state index is 12.6. The third kappa shape index (κ3) is 3.57. The Bertz CT molecular complexity index is 1070. The number of benzene rings is 1. The molecule has 1 fully saturated rings. The summed E-state index contributed by atoms with van der Waals surface area (Å²) in [5.74, 6) is 0. The van der Waals surface area contributed by atoms with Gasteiger partial charge in [0.25, 0.3) is 5.56 Å². The van der Waals surface area contributed by atoms with Crippen molar-refractivity contribution in [2.24, 2.45) is 0 Å². The lowest BCUT2D eigenvalue weighted by Gasteiger charge is -2.35. The van der Waals surface area contributed by atoms with Crippen LogP contribution in [-0.4, -0.2) is 45.6 Å². The highest BCUT2D eigenvalue weighted by Gasteiger charge is 2.21. The molecule has 3 aromatic rings. The van der Waals surface area contributed by atoms with E-state index < -0.39 is 0 Å². The minimum Gasteiger partial charge on any atom is -0.369 e. The summed E-state index contributed by atoms with van der Waals surface area (Å²) in [6.07, 6.45) is 5.33. The standard InChI is InChI=1S/C22H27N5OS/c1-15(2)27-14-23-19-12-16(6-7-17(19)22(27)28)26-10-8-25(9-11-26)13-21-24-18-4-3-5-20(18)29-21/h6-7,12,14-15H,3-5,8-11,13H2,1-2H3. The van der Waals surface area contributed by atoms with Crippen LogP contribution in [0.25, 0.3) is 10.9 Å². The predicted molar refractivity (Wildman–Crippen MR) is 118 cm³/mol. The van der Waals surface area contributed by atoms with Crippen LogP contribution in [0.4, 0.5) is 5.69 Å². The largest absolute Gasteiger partial charge is 0.369 e. The number of hydrogen-bond donors (Lipinski definition) is 0. The van der Waals surface area contributed by atoms with Crippen LogP contribution >= 0.6 is 11.3 Å². The van der Waals surface area contributed by atoms with Crippen LogP contribution in [0, 0.1) is 0 Å². The van der Waals surface area contributed by atoms with E-state index in [1.54, 1.807) is 10.9 Å². The van der Waals surface area contributed by atoms with Gasteiger partial charge in [-0.1, -0.05) is 0 Å². The Morgan fingerprint density at radius 3 is 2.72 bits per heavy atom. The highest BCUT2D eigenvalue weighted by atomic mass is 32.1. The summed E-state index contributed by atoms with van der Waals surface area (Å²) in [6, 6.07) is 6.17. The topological polar surface area (TPSA) is 54.3 Å². The average Bonchev–Trinajstić information content (AvgIpc) is 3.30. The summed E-state index contributed by atoms with van der Waals surface area (Å²) in [5.41, 5.74) is 3.32. The van der Waals surface area contributed by atoms with Crippen LogP contribution in [0.1, 0.15) is 41.9 Å². The molecule has 2 aliphatic rings. The fourth-order valence-electron chi connectivity index (χ4n) is 4.36. The lowest BCUT2D eigenvalue weighted by Crippen LogP contribution is -2.46. The fraction of sp³-hybridized carbons (Fsp3) is 0.500. The SMILES string of the molecule is CC(C)n1cnc2cc(N3CCN(Cc4nc5c(s4)CCC5)CC3)ccc2c1=O. The van der Waals surface area contributed by atoms with Gasteiger partial charge in [-0.25, -0.2) is 9.97 Å². The van der Waals surface area contributed by atoms with Gasteiger partial charge < -0.3 is 4.90 Å². The van der Waals surface area contributed by atoms with Crippen LogP contribution < -0.4 is 10.5 Å². The van der Waals surface area contributed by atoms with Gasteiger partial charge in [0.15, 0.2) is 0 Å². The van der Waals surface area contributed by atoms with E-state index in [2.05, 4.69) is 26.9 Å². The molecule has 0 saturated carbocycles. The second kappa shape index (κ2) is 7.54. The molecule has 29 heavy (non-hydrogen) atoms. The molecule has 0 atom stereocenters. The number of hydrogen-bond acceptors (Lipinski definition) is 6. The second-order valence-corrected chi connectivity index (χ2v) is 9.51. The molecule has 5 rings (SSSR count). The molecule has 0 N–H and O–H groups in total. The van der Waals surface area contributed by atoms with Crippen LogP contribution in [0.5, 0.6) is 0 Å². The van der Waals surface area contributed by atoms with Crippen LogP contribution in [0.15, 0.2) is 29.3 Å². The van der Waals surface area contributed by atoms with E-state index in [9.17, 15) is 4.79 Å². The minimum absolute atomic E-state index is 0.0386. The van der Waals surface area contributed by atoms with Crippen molar-refractivity contribution in [2.45, 2.75) is 45.7 Å². The van der Waals surface area contributed by atoms with Crippen LogP contribution in [-0.2, 0) is 19.4 Å². The molecule has 0 unspecified atom stereocenters.